The molecule has 0 aromatic carbocycles. The van der Waals surface area contributed by atoms with Gasteiger partial charge in [0, 0.05) is 11.3 Å². The zero-order chi connectivity index (χ0) is 27.0. The van der Waals surface area contributed by atoms with Crippen molar-refractivity contribution in [3.8, 4) is 0 Å². The maximum atomic E-state index is 13.2. The number of ketones is 1. The molecule has 1 aromatic rings. The van der Waals surface area contributed by atoms with E-state index in [0.717, 1.165) is 22.7 Å². The lowest BCUT2D eigenvalue weighted by molar-refractivity contribution is -0.157. The Morgan fingerprint density at radius 1 is 1.28 bits per heavy atom. The first kappa shape index (κ1) is 28.9. The van der Waals surface area contributed by atoms with Crippen molar-refractivity contribution in [3.05, 3.63) is 21.7 Å². The minimum atomic E-state index is -1.27. The Hall–Kier alpha value is -1.65. The molecule has 0 aliphatic carbocycles. The second kappa shape index (κ2) is 11.0. The van der Waals surface area contributed by atoms with E-state index in [-0.39, 0.29) is 18.1 Å². The van der Waals surface area contributed by atoms with Gasteiger partial charge < -0.3 is 25.4 Å². The molecule has 8 atom stereocenters. The molecule has 0 saturated carbocycles. The zero-order valence-corrected chi connectivity index (χ0v) is 23.3. The first-order valence-corrected chi connectivity index (χ1v) is 13.7. The highest BCUT2D eigenvalue weighted by Gasteiger charge is 2.59. The predicted molar refractivity (Wildman–Crippen MR) is 139 cm³/mol. The van der Waals surface area contributed by atoms with Gasteiger partial charge in [0.2, 0.25) is 0 Å². The van der Waals surface area contributed by atoms with Gasteiger partial charge in [0.15, 0.2) is 0 Å². The van der Waals surface area contributed by atoms with E-state index >= 15 is 0 Å². The summed E-state index contributed by atoms with van der Waals surface area (Å²) in [5, 5.41) is 24.6. The van der Waals surface area contributed by atoms with Crippen LogP contribution >= 0.6 is 11.3 Å². The number of aliphatic hydroxyl groups is 2. The van der Waals surface area contributed by atoms with E-state index in [2.05, 4.69) is 4.98 Å². The van der Waals surface area contributed by atoms with Crippen molar-refractivity contribution in [2.45, 2.75) is 110 Å². The van der Waals surface area contributed by atoms with Crippen LogP contribution in [0.4, 0.5) is 0 Å². The van der Waals surface area contributed by atoms with E-state index in [1.807, 2.05) is 39.2 Å². The number of epoxide rings is 1. The molecular formula is C27H42N2O6S. The van der Waals surface area contributed by atoms with Gasteiger partial charge in [-0.05, 0) is 45.6 Å². The lowest BCUT2D eigenvalue weighted by Crippen LogP contribution is -2.47. The van der Waals surface area contributed by atoms with Crippen LogP contribution in [-0.2, 0) is 19.1 Å². The van der Waals surface area contributed by atoms with Crippen LogP contribution in [0.15, 0.2) is 11.0 Å². The SMILES string of the molecule is C/C(=C\c1csc(C)n1)[C@H](N)C1OC(=O)CC(O)C(C)(C)C(=O)C(C)C(O)C(C)CCCC2(C)OC12. The number of aromatic nitrogens is 1. The Morgan fingerprint density at radius 2 is 1.94 bits per heavy atom. The number of esters is 1. The fourth-order valence-electron chi connectivity index (χ4n) is 5.19. The maximum absolute atomic E-state index is 13.2. The minimum Gasteiger partial charge on any atom is -0.457 e. The molecule has 0 amide bonds. The smallest absolute Gasteiger partial charge is 0.308 e. The number of aliphatic hydroxyl groups excluding tert-OH is 2. The van der Waals surface area contributed by atoms with Crippen LogP contribution in [0.3, 0.4) is 0 Å². The van der Waals surface area contributed by atoms with Gasteiger partial charge in [0.25, 0.3) is 0 Å². The Morgan fingerprint density at radius 3 is 2.56 bits per heavy atom. The summed E-state index contributed by atoms with van der Waals surface area (Å²) in [6.45, 7) is 12.6. The average Bonchev–Trinajstić information content (AvgIpc) is 3.30. The number of fused-ring (bicyclic) bond motifs is 1. The van der Waals surface area contributed by atoms with Gasteiger partial charge in [0.05, 0.1) is 46.4 Å². The molecule has 7 unspecified atom stereocenters. The molecule has 0 bridgehead atoms. The molecule has 2 saturated heterocycles. The van der Waals surface area contributed by atoms with Crippen LogP contribution in [0.1, 0.15) is 77.9 Å². The van der Waals surface area contributed by atoms with Gasteiger partial charge in [-0.25, -0.2) is 4.98 Å². The van der Waals surface area contributed by atoms with Crippen LogP contribution in [0.25, 0.3) is 6.08 Å². The minimum absolute atomic E-state index is 0.106. The monoisotopic (exact) mass is 522 g/mol. The highest BCUT2D eigenvalue weighted by molar-refractivity contribution is 7.09. The van der Waals surface area contributed by atoms with Gasteiger partial charge in [-0.15, -0.1) is 11.3 Å². The van der Waals surface area contributed by atoms with Crippen molar-refractivity contribution >= 4 is 29.2 Å². The number of carbonyl (C=O) groups excluding carboxylic acids is 2. The first-order chi connectivity index (χ1) is 16.7. The van der Waals surface area contributed by atoms with E-state index in [9.17, 15) is 19.8 Å². The highest BCUT2D eigenvalue weighted by Crippen LogP contribution is 2.45. The third-order valence-electron chi connectivity index (χ3n) is 8.07. The van der Waals surface area contributed by atoms with Crippen LogP contribution in [0.5, 0.6) is 0 Å². The van der Waals surface area contributed by atoms with E-state index < -0.39 is 53.4 Å². The molecule has 2 aliphatic rings. The largest absolute Gasteiger partial charge is 0.457 e. The number of hydrogen-bond donors (Lipinski definition) is 3. The van der Waals surface area contributed by atoms with E-state index in [1.165, 1.54) is 0 Å². The quantitative estimate of drug-likeness (QED) is 0.406. The molecular weight excluding hydrogens is 480 g/mol. The summed E-state index contributed by atoms with van der Waals surface area (Å²) in [6, 6.07) is -0.633. The van der Waals surface area contributed by atoms with Crippen LogP contribution < -0.4 is 5.73 Å². The summed E-state index contributed by atoms with van der Waals surface area (Å²) in [4.78, 5) is 30.7. The van der Waals surface area contributed by atoms with Gasteiger partial charge >= 0.3 is 5.97 Å². The Bertz CT molecular complexity index is 991. The third kappa shape index (κ3) is 6.25. The molecule has 0 radical (unpaired) electrons. The topological polar surface area (TPSA) is 135 Å². The molecule has 1 aromatic heterocycles. The normalized spacial score (nSPS) is 37.3. The molecule has 8 nitrogen and oxygen atoms in total. The summed E-state index contributed by atoms with van der Waals surface area (Å²) in [6.07, 6.45) is 0.464. The molecule has 3 rings (SSSR count). The number of thiazole rings is 1. The van der Waals surface area contributed by atoms with Gasteiger partial charge in [-0.3, -0.25) is 9.59 Å². The van der Waals surface area contributed by atoms with Crippen molar-refractivity contribution < 1.29 is 29.3 Å². The number of cyclic esters (lactones) is 1. The van der Waals surface area contributed by atoms with Gasteiger partial charge in [-0.1, -0.05) is 39.7 Å². The number of hydrogen-bond acceptors (Lipinski definition) is 9. The summed E-state index contributed by atoms with van der Waals surface area (Å²) in [5.74, 6) is -1.70. The summed E-state index contributed by atoms with van der Waals surface area (Å²) in [7, 11) is 0. The number of carbonyl (C=O) groups is 2. The van der Waals surface area contributed by atoms with Crippen LogP contribution in [0, 0.1) is 24.2 Å². The number of nitrogens with zero attached hydrogens (tertiary/aromatic N) is 1. The molecule has 2 fully saturated rings. The van der Waals surface area contributed by atoms with Crippen molar-refractivity contribution in [1.82, 2.24) is 4.98 Å². The molecule has 9 heteroatoms. The molecule has 202 valence electrons. The number of nitrogens with two attached hydrogens (primary N) is 1. The molecule has 4 N–H and O–H groups in total. The zero-order valence-electron chi connectivity index (χ0n) is 22.5. The second-order valence-corrected chi connectivity index (χ2v) is 12.5. The third-order valence-corrected chi connectivity index (χ3v) is 8.86. The number of Topliss-reactive ketones (excluding diaryl/α,β-unsaturated/α-hetero) is 1. The van der Waals surface area contributed by atoms with E-state index in [4.69, 9.17) is 15.2 Å². The molecule has 2 aliphatic heterocycles. The molecule has 0 spiro atoms. The Labute approximate surface area is 218 Å². The predicted octanol–water partition coefficient (Wildman–Crippen LogP) is 3.41. The summed E-state index contributed by atoms with van der Waals surface area (Å²) >= 11 is 1.54. The number of aryl methyl sites for hydroxylation is 1. The standard InChI is InChI=1S/C27H42N2O6S/c1-14-9-8-10-27(7)25(35-27)23(21(28)15(2)11-18-13-36-17(4)29-18)34-20(31)12-19(30)26(5,6)24(33)16(3)22(14)32/h11,13-14,16,19,21-23,25,30,32H,8-10,12,28H2,1-7H3/b15-11+/t14?,16?,19?,21-,22?,23?,25?,27?/m0/s1. The van der Waals surface area contributed by atoms with E-state index in [1.54, 1.807) is 32.1 Å². The lowest BCUT2D eigenvalue weighted by atomic mass is 9.73. The van der Waals surface area contributed by atoms with Crippen LogP contribution in [-0.4, -0.2) is 63.0 Å². The second-order valence-electron chi connectivity index (χ2n) is 11.5. The van der Waals surface area contributed by atoms with Gasteiger partial charge in [0.1, 0.15) is 18.0 Å². The van der Waals surface area contributed by atoms with Crippen LogP contribution in [0.2, 0.25) is 0 Å². The van der Waals surface area contributed by atoms with Crippen molar-refractivity contribution in [2.75, 3.05) is 0 Å². The number of ether oxygens (including phenoxy) is 2. The van der Waals surface area contributed by atoms with E-state index in [0.29, 0.717) is 12.8 Å². The fourth-order valence-corrected chi connectivity index (χ4v) is 5.76. The Kier molecular flexibility index (Phi) is 8.83. The highest BCUT2D eigenvalue weighted by atomic mass is 32.1. The van der Waals surface area contributed by atoms with Gasteiger partial charge in [-0.2, -0.15) is 0 Å². The lowest BCUT2D eigenvalue weighted by Gasteiger charge is -2.34. The Balaban J connectivity index is 1.88. The van der Waals surface area contributed by atoms with Crippen molar-refractivity contribution in [3.63, 3.8) is 0 Å². The first-order valence-electron chi connectivity index (χ1n) is 12.8. The average molecular weight is 523 g/mol. The fraction of sp³-hybridized carbons (Fsp3) is 0.741. The molecule has 3 heterocycles. The summed E-state index contributed by atoms with van der Waals surface area (Å²) in [5.41, 5.74) is 6.47. The maximum Gasteiger partial charge on any atom is 0.308 e. The van der Waals surface area contributed by atoms with Crippen molar-refractivity contribution in [2.24, 2.45) is 23.0 Å². The molecule has 36 heavy (non-hydrogen) atoms. The number of rotatable bonds is 3. The van der Waals surface area contributed by atoms with Crippen molar-refractivity contribution in [1.29, 1.82) is 0 Å². The summed E-state index contributed by atoms with van der Waals surface area (Å²) < 4.78 is 12.0.